The van der Waals surface area contributed by atoms with Crippen molar-refractivity contribution in [2.75, 3.05) is 7.05 Å². The Labute approximate surface area is 199 Å². The Bertz CT molecular complexity index is 1090. The van der Waals surface area contributed by atoms with Gasteiger partial charge in [0.25, 0.3) is 0 Å². The minimum Gasteiger partial charge on any atom is -0.357 e. The predicted molar refractivity (Wildman–Crippen MR) is 130 cm³/mol. The number of rotatable bonds is 8. The zero-order chi connectivity index (χ0) is 23.1. The molecule has 0 unspecified atom stereocenters. The molecule has 32 heavy (non-hydrogen) atoms. The van der Waals surface area contributed by atoms with Crippen LogP contribution in [0.1, 0.15) is 22.3 Å². The molecule has 3 rings (SSSR count). The van der Waals surface area contributed by atoms with Crippen molar-refractivity contribution in [3.8, 4) is 0 Å². The van der Waals surface area contributed by atoms with Gasteiger partial charge in [-0.15, -0.1) is 0 Å². The maximum absolute atomic E-state index is 13.6. The first-order chi connectivity index (χ1) is 15.4. The number of halogens is 2. The summed E-state index contributed by atoms with van der Waals surface area (Å²) in [5.41, 5.74) is 3.75. The molecule has 2 amide bonds. The van der Waals surface area contributed by atoms with Crippen LogP contribution in [0.25, 0.3) is 0 Å². The molecule has 0 heterocycles. The van der Waals surface area contributed by atoms with Crippen LogP contribution in [0.15, 0.2) is 72.8 Å². The highest BCUT2D eigenvalue weighted by molar-refractivity contribution is 6.42. The molecule has 3 aromatic rings. The first kappa shape index (κ1) is 23.8. The molecule has 0 aliphatic rings. The molecule has 0 aliphatic heterocycles. The van der Waals surface area contributed by atoms with Crippen molar-refractivity contribution >= 4 is 35.0 Å². The molecular formula is C26H26Cl2N2O2. The fourth-order valence-corrected chi connectivity index (χ4v) is 3.95. The van der Waals surface area contributed by atoms with E-state index in [0.29, 0.717) is 16.5 Å². The van der Waals surface area contributed by atoms with E-state index in [1.54, 1.807) is 24.1 Å². The van der Waals surface area contributed by atoms with Crippen LogP contribution in [-0.2, 0) is 29.0 Å². The van der Waals surface area contributed by atoms with Crippen molar-refractivity contribution in [1.29, 1.82) is 0 Å². The van der Waals surface area contributed by atoms with E-state index in [0.717, 1.165) is 22.3 Å². The van der Waals surface area contributed by atoms with E-state index in [2.05, 4.69) is 5.32 Å². The summed E-state index contributed by atoms with van der Waals surface area (Å²) in [5.74, 6) is -0.345. The monoisotopic (exact) mass is 468 g/mol. The number of carbonyl (C=O) groups is 2. The number of nitrogens with one attached hydrogen (secondary N) is 1. The number of hydrogen-bond acceptors (Lipinski definition) is 2. The Morgan fingerprint density at radius 1 is 0.906 bits per heavy atom. The first-order valence-electron chi connectivity index (χ1n) is 10.4. The van der Waals surface area contributed by atoms with E-state index < -0.39 is 6.04 Å². The van der Waals surface area contributed by atoms with Crippen LogP contribution >= 0.6 is 23.2 Å². The fraction of sp³-hybridized carbons (Fsp3) is 0.231. The van der Waals surface area contributed by atoms with Crippen LogP contribution in [-0.4, -0.2) is 29.8 Å². The lowest BCUT2D eigenvalue weighted by Gasteiger charge is -2.31. The summed E-state index contributed by atoms with van der Waals surface area (Å²) in [6, 6.07) is 22.1. The van der Waals surface area contributed by atoms with Gasteiger partial charge in [0, 0.05) is 20.0 Å². The van der Waals surface area contributed by atoms with Gasteiger partial charge in [-0.1, -0.05) is 83.9 Å². The highest BCUT2D eigenvalue weighted by atomic mass is 35.5. The van der Waals surface area contributed by atoms with E-state index in [1.165, 1.54) is 0 Å². The van der Waals surface area contributed by atoms with Gasteiger partial charge in [-0.3, -0.25) is 9.59 Å². The van der Waals surface area contributed by atoms with E-state index in [-0.39, 0.29) is 24.8 Å². The van der Waals surface area contributed by atoms with Crippen molar-refractivity contribution < 1.29 is 9.59 Å². The summed E-state index contributed by atoms with van der Waals surface area (Å²) in [7, 11) is 1.59. The summed E-state index contributed by atoms with van der Waals surface area (Å²) >= 11 is 12.3. The summed E-state index contributed by atoms with van der Waals surface area (Å²) in [4.78, 5) is 28.1. The number of carbonyl (C=O) groups excluding carboxylic acids is 2. The molecule has 0 radical (unpaired) electrons. The van der Waals surface area contributed by atoms with E-state index >= 15 is 0 Å². The van der Waals surface area contributed by atoms with Crippen molar-refractivity contribution in [3.05, 3.63) is 105 Å². The number of likely N-dealkylation sites (N-methyl/N-ethyl adjacent to an activating group) is 1. The maximum atomic E-state index is 13.6. The number of hydrogen-bond donors (Lipinski definition) is 1. The molecule has 0 saturated heterocycles. The standard InChI is InChI=1S/C26H26Cl2N2O2/c1-18-8-6-7-11-21(18)16-25(31)30(17-20-12-13-22(27)23(28)14-20)24(26(32)29-2)15-19-9-4-3-5-10-19/h3-14,24H,15-17H2,1-2H3,(H,29,32)/t24-/m1/s1. The predicted octanol–water partition coefficient (Wildman–Crippen LogP) is 5.23. The second kappa shape index (κ2) is 11.2. The molecule has 0 spiro atoms. The number of nitrogens with zero attached hydrogens (tertiary/aromatic N) is 1. The largest absolute Gasteiger partial charge is 0.357 e. The average Bonchev–Trinajstić information content (AvgIpc) is 2.80. The lowest BCUT2D eigenvalue weighted by molar-refractivity contribution is -0.140. The molecule has 0 aliphatic carbocycles. The van der Waals surface area contributed by atoms with E-state index in [1.807, 2.05) is 67.6 Å². The Hall–Kier alpha value is -2.82. The van der Waals surface area contributed by atoms with Gasteiger partial charge in [-0.25, -0.2) is 0 Å². The SMILES string of the molecule is CNC(=O)[C@@H](Cc1ccccc1)N(Cc1ccc(Cl)c(Cl)c1)C(=O)Cc1ccccc1C. The molecule has 1 atom stereocenters. The zero-order valence-electron chi connectivity index (χ0n) is 18.1. The van der Waals surface area contributed by atoms with E-state index in [4.69, 9.17) is 23.2 Å². The van der Waals surface area contributed by atoms with Gasteiger partial charge in [-0.2, -0.15) is 0 Å². The molecule has 0 bridgehead atoms. The van der Waals surface area contributed by atoms with Crippen molar-refractivity contribution in [3.63, 3.8) is 0 Å². The third-order valence-corrected chi connectivity index (χ3v) is 6.20. The van der Waals surface area contributed by atoms with Gasteiger partial charge in [0.2, 0.25) is 11.8 Å². The second-order valence-corrected chi connectivity index (χ2v) is 8.51. The number of amides is 2. The number of benzene rings is 3. The van der Waals surface area contributed by atoms with Crippen LogP contribution in [0.5, 0.6) is 0 Å². The molecule has 6 heteroatoms. The lowest BCUT2D eigenvalue weighted by atomic mass is 10.0. The molecular weight excluding hydrogens is 443 g/mol. The Morgan fingerprint density at radius 2 is 1.59 bits per heavy atom. The Morgan fingerprint density at radius 3 is 2.25 bits per heavy atom. The van der Waals surface area contributed by atoms with E-state index in [9.17, 15) is 9.59 Å². The minimum atomic E-state index is -0.673. The average molecular weight is 469 g/mol. The Balaban J connectivity index is 1.97. The van der Waals surface area contributed by atoms with Gasteiger partial charge >= 0.3 is 0 Å². The van der Waals surface area contributed by atoms with Crippen LogP contribution in [0.2, 0.25) is 10.0 Å². The maximum Gasteiger partial charge on any atom is 0.242 e. The molecule has 0 saturated carbocycles. The highest BCUT2D eigenvalue weighted by Crippen LogP contribution is 2.25. The molecule has 166 valence electrons. The second-order valence-electron chi connectivity index (χ2n) is 7.69. The summed E-state index contributed by atoms with van der Waals surface area (Å²) in [6.45, 7) is 2.22. The molecule has 4 nitrogen and oxygen atoms in total. The fourth-order valence-electron chi connectivity index (χ4n) is 3.63. The molecule has 3 aromatic carbocycles. The summed E-state index contributed by atoms with van der Waals surface area (Å²) < 4.78 is 0. The molecule has 1 N–H and O–H groups in total. The quantitative estimate of drug-likeness (QED) is 0.491. The van der Waals surface area contributed by atoms with Crippen molar-refractivity contribution in [1.82, 2.24) is 10.2 Å². The van der Waals surface area contributed by atoms with Gasteiger partial charge in [0.1, 0.15) is 6.04 Å². The van der Waals surface area contributed by atoms with Crippen LogP contribution in [0, 0.1) is 6.92 Å². The lowest BCUT2D eigenvalue weighted by Crippen LogP contribution is -2.50. The van der Waals surface area contributed by atoms with Crippen LogP contribution in [0.3, 0.4) is 0 Å². The van der Waals surface area contributed by atoms with Crippen molar-refractivity contribution in [2.24, 2.45) is 0 Å². The first-order valence-corrected chi connectivity index (χ1v) is 11.2. The van der Waals surface area contributed by atoms with Gasteiger partial charge in [0.15, 0.2) is 0 Å². The van der Waals surface area contributed by atoms with Crippen molar-refractivity contribution in [2.45, 2.75) is 32.4 Å². The molecule has 0 fully saturated rings. The van der Waals surface area contributed by atoms with Gasteiger partial charge in [0.05, 0.1) is 16.5 Å². The zero-order valence-corrected chi connectivity index (χ0v) is 19.7. The third-order valence-electron chi connectivity index (χ3n) is 5.46. The smallest absolute Gasteiger partial charge is 0.242 e. The highest BCUT2D eigenvalue weighted by Gasteiger charge is 2.30. The summed E-state index contributed by atoms with van der Waals surface area (Å²) in [5, 5.41) is 3.58. The van der Waals surface area contributed by atoms with Crippen LogP contribution < -0.4 is 5.32 Å². The third kappa shape index (κ3) is 6.12. The molecule has 0 aromatic heterocycles. The topological polar surface area (TPSA) is 49.4 Å². The minimum absolute atomic E-state index is 0.130. The number of aryl methyl sites for hydroxylation is 1. The normalized spacial score (nSPS) is 11.6. The van der Waals surface area contributed by atoms with Gasteiger partial charge in [-0.05, 0) is 41.3 Å². The van der Waals surface area contributed by atoms with Crippen LogP contribution in [0.4, 0.5) is 0 Å². The summed E-state index contributed by atoms with van der Waals surface area (Å²) in [6.07, 6.45) is 0.609. The Kier molecular flexibility index (Phi) is 8.32. The van der Waals surface area contributed by atoms with Gasteiger partial charge < -0.3 is 10.2 Å².